The predicted octanol–water partition coefficient (Wildman–Crippen LogP) is 1.96. The maximum absolute atomic E-state index is 11.6. The van der Waals surface area contributed by atoms with Crippen molar-refractivity contribution >= 4 is 12.1 Å². The van der Waals surface area contributed by atoms with Crippen LogP contribution < -0.4 is 11.1 Å². The van der Waals surface area contributed by atoms with Gasteiger partial charge in [0.05, 0.1) is 0 Å². The van der Waals surface area contributed by atoms with E-state index in [1.165, 1.54) is 6.26 Å². The van der Waals surface area contributed by atoms with E-state index in [1.54, 1.807) is 20.8 Å². The molecule has 1 atom stereocenters. The molecule has 0 bridgehead atoms. The van der Waals surface area contributed by atoms with Crippen LogP contribution in [0.3, 0.4) is 0 Å². The summed E-state index contributed by atoms with van der Waals surface area (Å²) in [6.07, 6.45) is 0.867. The first-order valence-electron chi connectivity index (χ1n) is 7.63. The quantitative estimate of drug-likeness (QED) is 0.757. The summed E-state index contributed by atoms with van der Waals surface area (Å²) < 4.78 is 14.2. The number of hydrogen-bond donors (Lipinski definition) is 3. The van der Waals surface area contributed by atoms with Crippen LogP contribution in [-0.2, 0) is 25.4 Å². The number of alkyl carbamates (subject to hydrolysis) is 1. The molecule has 138 valence electrons. The molecule has 25 heavy (non-hydrogen) atoms. The van der Waals surface area contributed by atoms with E-state index in [4.69, 9.17) is 15.6 Å². The first kappa shape index (κ1) is 20.1. The van der Waals surface area contributed by atoms with Crippen LogP contribution in [-0.4, -0.2) is 35.6 Å². The van der Waals surface area contributed by atoms with Gasteiger partial charge in [-0.25, -0.2) is 9.59 Å². The topological polar surface area (TPSA) is 120 Å². The second-order valence-corrected chi connectivity index (χ2v) is 6.18. The maximum atomic E-state index is 11.6. The highest BCUT2D eigenvalue weighted by molar-refractivity contribution is 5.80. The smallest absolute Gasteiger partial charge is 0.408 e. The zero-order valence-electron chi connectivity index (χ0n) is 14.5. The van der Waals surface area contributed by atoms with Gasteiger partial charge in [0.25, 0.3) is 0 Å². The molecule has 8 nitrogen and oxygen atoms in total. The lowest BCUT2D eigenvalue weighted by Crippen LogP contribution is -2.44. The Morgan fingerprint density at radius 1 is 1.32 bits per heavy atom. The summed E-state index contributed by atoms with van der Waals surface area (Å²) in [5.74, 6) is -0.732. The van der Waals surface area contributed by atoms with Gasteiger partial charge < -0.3 is 30.4 Å². The average Bonchev–Trinajstić information content (AvgIpc) is 2.97. The molecule has 0 saturated heterocycles. The first-order valence-corrected chi connectivity index (χ1v) is 7.63. The number of benzene rings is 1. The summed E-state index contributed by atoms with van der Waals surface area (Å²) in [6, 6.07) is 8.11. The molecule has 0 aliphatic carbocycles. The number of rotatable bonds is 4. The molecule has 0 unspecified atom stereocenters. The second-order valence-electron chi connectivity index (χ2n) is 6.18. The number of nitrogens with two attached hydrogens (primary N) is 1. The zero-order valence-corrected chi connectivity index (χ0v) is 14.5. The van der Waals surface area contributed by atoms with E-state index < -0.39 is 23.7 Å². The van der Waals surface area contributed by atoms with Crippen LogP contribution in [0, 0.1) is 0 Å². The lowest BCUT2D eigenvalue weighted by molar-refractivity contribution is -0.139. The Balaban J connectivity index is 0.000000435. The summed E-state index contributed by atoms with van der Waals surface area (Å²) in [6.45, 7) is 5.44. The summed E-state index contributed by atoms with van der Waals surface area (Å²) in [4.78, 5) is 22.7. The van der Waals surface area contributed by atoms with Gasteiger partial charge in [0.2, 0.25) is 12.7 Å². The number of carboxylic acid groups (broad SMARTS) is 1. The molecule has 8 heteroatoms. The highest BCUT2D eigenvalue weighted by atomic mass is 16.7. The van der Waals surface area contributed by atoms with Crippen molar-refractivity contribution in [2.75, 3.05) is 6.79 Å². The third-order valence-corrected chi connectivity index (χ3v) is 2.76. The van der Waals surface area contributed by atoms with E-state index >= 15 is 0 Å². The van der Waals surface area contributed by atoms with Crippen molar-refractivity contribution in [1.29, 1.82) is 0 Å². The summed E-state index contributed by atoms with van der Waals surface area (Å²) in [5.41, 5.74) is 5.23. The number of carbonyl (C=O) groups is 2. The Morgan fingerprint density at radius 3 is 2.36 bits per heavy atom. The van der Waals surface area contributed by atoms with Crippen LogP contribution in [0.15, 0.2) is 42.5 Å². The minimum Gasteiger partial charge on any atom is -0.480 e. The fraction of sp³-hybridized carbons (Fsp3) is 0.412. The normalized spacial score (nSPS) is 14.0. The third kappa shape index (κ3) is 9.09. The number of amides is 1. The maximum Gasteiger partial charge on any atom is 0.408 e. The van der Waals surface area contributed by atoms with Gasteiger partial charge in [-0.15, -0.1) is 0 Å². The van der Waals surface area contributed by atoms with Crippen LogP contribution in [0.1, 0.15) is 26.3 Å². The van der Waals surface area contributed by atoms with Crippen LogP contribution in [0.4, 0.5) is 4.79 Å². The van der Waals surface area contributed by atoms with Crippen molar-refractivity contribution in [2.24, 2.45) is 5.73 Å². The van der Waals surface area contributed by atoms with Crippen molar-refractivity contribution in [3.05, 3.63) is 48.0 Å². The summed E-state index contributed by atoms with van der Waals surface area (Å²) in [5, 5.41) is 11.5. The van der Waals surface area contributed by atoms with Crippen LogP contribution >= 0.6 is 0 Å². The van der Waals surface area contributed by atoms with Crippen molar-refractivity contribution in [3.63, 3.8) is 0 Å². The van der Waals surface area contributed by atoms with Crippen LogP contribution in [0.25, 0.3) is 0 Å². The molecule has 1 aromatic carbocycles. The molecule has 4 N–H and O–H groups in total. The number of carbonyl (C=O) groups excluding carboxylic acids is 1. The Bertz CT molecular complexity index is 595. The van der Waals surface area contributed by atoms with Gasteiger partial charge in [0, 0.05) is 6.42 Å². The molecule has 1 amide bonds. The summed E-state index contributed by atoms with van der Waals surface area (Å²) >= 11 is 0. The van der Waals surface area contributed by atoms with Crippen molar-refractivity contribution in [1.82, 2.24) is 5.32 Å². The Kier molecular flexibility index (Phi) is 7.58. The highest BCUT2D eigenvalue weighted by Crippen LogP contribution is 2.08. The number of ether oxygens (including phenoxy) is 3. The molecule has 1 aromatic rings. The molecule has 2 rings (SSSR count). The average molecular weight is 352 g/mol. The van der Waals surface area contributed by atoms with Gasteiger partial charge >= 0.3 is 12.1 Å². The fourth-order valence-electron chi connectivity index (χ4n) is 1.75. The molecule has 1 aliphatic heterocycles. The third-order valence-electron chi connectivity index (χ3n) is 2.76. The van der Waals surface area contributed by atoms with Gasteiger partial charge in [-0.1, -0.05) is 30.3 Å². The summed E-state index contributed by atoms with van der Waals surface area (Å²) in [7, 11) is 0. The number of aliphatic carboxylic acids is 1. The molecular weight excluding hydrogens is 328 g/mol. The van der Waals surface area contributed by atoms with Crippen LogP contribution in [0.2, 0.25) is 0 Å². The van der Waals surface area contributed by atoms with E-state index in [0.717, 1.165) is 5.56 Å². The fourth-order valence-corrected chi connectivity index (χ4v) is 1.75. The number of carboxylic acids is 1. The minimum atomic E-state index is -1.09. The van der Waals surface area contributed by atoms with Gasteiger partial charge in [0.1, 0.15) is 17.9 Å². The van der Waals surface area contributed by atoms with Gasteiger partial charge in [-0.3, -0.25) is 0 Å². The molecule has 1 heterocycles. The van der Waals surface area contributed by atoms with Crippen LogP contribution in [0.5, 0.6) is 0 Å². The van der Waals surface area contributed by atoms with Crippen molar-refractivity contribution < 1.29 is 28.9 Å². The van der Waals surface area contributed by atoms with E-state index in [9.17, 15) is 9.59 Å². The first-order chi connectivity index (χ1) is 11.7. The second kappa shape index (κ2) is 9.41. The largest absolute Gasteiger partial charge is 0.480 e. The van der Waals surface area contributed by atoms with E-state index in [1.807, 2.05) is 30.3 Å². The van der Waals surface area contributed by atoms with E-state index in [2.05, 4.69) is 14.8 Å². The lowest BCUT2D eigenvalue weighted by atomic mass is 10.1. The zero-order chi connectivity index (χ0) is 18.9. The monoisotopic (exact) mass is 352 g/mol. The molecular formula is C17H24N2O6. The lowest BCUT2D eigenvalue weighted by Gasteiger charge is -2.22. The van der Waals surface area contributed by atoms with Crippen molar-refractivity contribution in [3.8, 4) is 0 Å². The van der Waals surface area contributed by atoms with E-state index in [-0.39, 0.29) is 13.2 Å². The molecule has 0 saturated carbocycles. The Labute approximate surface area is 146 Å². The van der Waals surface area contributed by atoms with Gasteiger partial charge in [0.15, 0.2) is 0 Å². The Hall–Kier alpha value is -2.90. The Morgan fingerprint density at radius 2 is 1.96 bits per heavy atom. The predicted molar refractivity (Wildman–Crippen MR) is 90.2 cm³/mol. The number of nitrogens with one attached hydrogen (secondary N) is 1. The van der Waals surface area contributed by atoms with Crippen molar-refractivity contribution in [2.45, 2.75) is 38.8 Å². The van der Waals surface area contributed by atoms with Gasteiger partial charge in [-0.05, 0) is 26.3 Å². The van der Waals surface area contributed by atoms with E-state index in [0.29, 0.717) is 5.88 Å². The molecule has 0 aromatic heterocycles. The van der Waals surface area contributed by atoms with Gasteiger partial charge in [-0.2, -0.15) is 0 Å². The molecule has 0 spiro atoms. The number of hydrogen-bond acceptors (Lipinski definition) is 6. The standard InChI is InChI=1S/C14H19NO4.C3H5NO2/c1-14(2,3)19-13(18)15-11(12(16)17)9-10-7-5-4-6-8-10;4-3-1-5-2-6-3/h4-8,11H,9H2,1-3H3,(H,15,18)(H,16,17);1H,2,4H2/t11-;/m0./s1. The molecule has 1 aliphatic rings. The SMILES string of the molecule is CC(C)(C)OC(=O)N[C@@H](Cc1ccccc1)C(=O)O.NC1=COCO1. The highest BCUT2D eigenvalue weighted by Gasteiger charge is 2.24. The molecule has 0 radical (unpaired) electrons. The minimum absolute atomic E-state index is 0.218. The molecule has 0 fully saturated rings.